The highest BCUT2D eigenvalue weighted by Gasteiger charge is 1.98. The highest BCUT2D eigenvalue weighted by molar-refractivity contribution is 9.10. The molecular weight excluding hydrogens is 276 g/mol. The molecular formula is C15H15BrO. The van der Waals surface area contributed by atoms with Gasteiger partial charge in [-0.05, 0) is 37.6 Å². The maximum absolute atomic E-state index is 5.75. The first-order chi connectivity index (χ1) is 8.13. The molecule has 0 aromatic heterocycles. The van der Waals surface area contributed by atoms with Crippen molar-refractivity contribution < 1.29 is 4.74 Å². The Morgan fingerprint density at radius 1 is 1.00 bits per heavy atom. The molecule has 0 heterocycles. The van der Waals surface area contributed by atoms with Crippen LogP contribution >= 0.6 is 15.9 Å². The fraction of sp³-hybridized carbons (Fsp3) is 0.200. The Labute approximate surface area is 111 Å². The van der Waals surface area contributed by atoms with Crippen LogP contribution in [0.5, 0.6) is 5.75 Å². The molecule has 0 saturated carbocycles. The van der Waals surface area contributed by atoms with Crippen LogP contribution in [0.25, 0.3) is 0 Å². The average Bonchev–Trinajstić information content (AvgIpc) is 2.25. The summed E-state index contributed by atoms with van der Waals surface area (Å²) in [6, 6.07) is 14.4. The van der Waals surface area contributed by atoms with Gasteiger partial charge in [0.2, 0.25) is 0 Å². The normalized spacial score (nSPS) is 10.3. The molecule has 0 unspecified atom stereocenters. The van der Waals surface area contributed by atoms with E-state index >= 15 is 0 Å². The van der Waals surface area contributed by atoms with Crippen molar-refractivity contribution in [1.82, 2.24) is 0 Å². The van der Waals surface area contributed by atoms with Gasteiger partial charge in [-0.1, -0.05) is 51.3 Å². The second-order valence-electron chi connectivity index (χ2n) is 4.24. The van der Waals surface area contributed by atoms with Crippen molar-refractivity contribution in [2.45, 2.75) is 20.5 Å². The average molecular weight is 291 g/mol. The minimum Gasteiger partial charge on any atom is -0.489 e. The Morgan fingerprint density at radius 2 is 1.71 bits per heavy atom. The van der Waals surface area contributed by atoms with Crippen molar-refractivity contribution in [3.8, 4) is 5.75 Å². The number of rotatable bonds is 3. The lowest BCUT2D eigenvalue weighted by Crippen LogP contribution is -1.96. The number of hydrogen-bond donors (Lipinski definition) is 0. The van der Waals surface area contributed by atoms with Crippen molar-refractivity contribution >= 4 is 15.9 Å². The highest BCUT2D eigenvalue weighted by Crippen LogP contribution is 2.19. The number of hydrogen-bond acceptors (Lipinski definition) is 1. The molecule has 2 rings (SSSR count). The van der Waals surface area contributed by atoms with E-state index in [0.29, 0.717) is 6.61 Å². The zero-order valence-corrected chi connectivity index (χ0v) is 11.6. The fourth-order valence-electron chi connectivity index (χ4n) is 1.88. The standard InChI is InChI=1S/C15H15BrO/c1-11-6-12(2)8-13(7-11)10-17-15-5-3-4-14(16)9-15/h3-9H,10H2,1-2H3. The topological polar surface area (TPSA) is 9.23 Å². The summed E-state index contributed by atoms with van der Waals surface area (Å²) in [5, 5.41) is 0. The molecule has 0 radical (unpaired) electrons. The fourth-order valence-corrected chi connectivity index (χ4v) is 2.25. The van der Waals surface area contributed by atoms with Gasteiger partial charge >= 0.3 is 0 Å². The molecule has 0 saturated heterocycles. The van der Waals surface area contributed by atoms with Crippen molar-refractivity contribution in [2.75, 3.05) is 0 Å². The molecule has 2 heteroatoms. The summed E-state index contributed by atoms with van der Waals surface area (Å²) in [5.41, 5.74) is 3.76. The first-order valence-corrected chi connectivity index (χ1v) is 6.38. The lowest BCUT2D eigenvalue weighted by molar-refractivity contribution is 0.306. The molecule has 88 valence electrons. The smallest absolute Gasteiger partial charge is 0.120 e. The van der Waals surface area contributed by atoms with Crippen molar-refractivity contribution in [1.29, 1.82) is 0 Å². The molecule has 1 nitrogen and oxygen atoms in total. The summed E-state index contributed by atoms with van der Waals surface area (Å²) in [7, 11) is 0. The minimum atomic E-state index is 0.610. The Kier molecular flexibility index (Phi) is 3.85. The number of ether oxygens (including phenoxy) is 1. The number of benzene rings is 2. The molecule has 0 bridgehead atoms. The van der Waals surface area contributed by atoms with E-state index in [4.69, 9.17) is 4.74 Å². The first-order valence-electron chi connectivity index (χ1n) is 5.59. The van der Waals surface area contributed by atoms with E-state index < -0.39 is 0 Å². The molecule has 2 aromatic rings. The molecule has 0 aliphatic carbocycles. The van der Waals surface area contributed by atoms with E-state index in [-0.39, 0.29) is 0 Å². The van der Waals surface area contributed by atoms with Crippen molar-refractivity contribution in [2.24, 2.45) is 0 Å². The van der Waals surface area contributed by atoms with Crippen LogP contribution in [0, 0.1) is 13.8 Å². The molecule has 17 heavy (non-hydrogen) atoms. The zero-order chi connectivity index (χ0) is 12.3. The molecule has 0 aliphatic rings. The highest BCUT2D eigenvalue weighted by atomic mass is 79.9. The van der Waals surface area contributed by atoms with Gasteiger partial charge in [0.05, 0.1) is 0 Å². The SMILES string of the molecule is Cc1cc(C)cc(COc2cccc(Br)c2)c1. The van der Waals surface area contributed by atoms with Gasteiger partial charge < -0.3 is 4.74 Å². The predicted molar refractivity (Wildman–Crippen MR) is 74.4 cm³/mol. The molecule has 0 spiro atoms. The first kappa shape index (κ1) is 12.2. The van der Waals surface area contributed by atoms with Gasteiger partial charge in [-0.15, -0.1) is 0 Å². The quantitative estimate of drug-likeness (QED) is 0.800. The molecule has 0 aliphatic heterocycles. The molecule has 0 amide bonds. The van der Waals surface area contributed by atoms with Crippen LogP contribution in [0.15, 0.2) is 46.9 Å². The summed E-state index contributed by atoms with van der Waals surface area (Å²) < 4.78 is 6.79. The molecule has 0 fully saturated rings. The van der Waals surface area contributed by atoms with Gasteiger partial charge in [-0.25, -0.2) is 0 Å². The maximum Gasteiger partial charge on any atom is 0.120 e. The van der Waals surface area contributed by atoms with Crippen LogP contribution in [0.1, 0.15) is 16.7 Å². The van der Waals surface area contributed by atoms with Gasteiger partial charge in [0.15, 0.2) is 0 Å². The van der Waals surface area contributed by atoms with E-state index in [9.17, 15) is 0 Å². The second-order valence-corrected chi connectivity index (χ2v) is 5.16. The lowest BCUT2D eigenvalue weighted by atomic mass is 10.1. The van der Waals surface area contributed by atoms with E-state index in [2.05, 4.69) is 48.0 Å². The number of aryl methyl sites for hydroxylation is 2. The second kappa shape index (κ2) is 5.37. The Bertz CT molecular complexity index is 500. The van der Waals surface area contributed by atoms with Crippen LogP contribution in [0.4, 0.5) is 0 Å². The van der Waals surface area contributed by atoms with Crippen LogP contribution in [0.3, 0.4) is 0 Å². The lowest BCUT2D eigenvalue weighted by Gasteiger charge is -2.08. The van der Waals surface area contributed by atoms with Gasteiger partial charge in [-0.3, -0.25) is 0 Å². The van der Waals surface area contributed by atoms with Gasteiger partial charge in [0.25, 0.3) is 0 Å². The van der Waals surface area contributed by atoms with Crippen molar-refractivity contribution in [3.05, 3.63) is 63.6 Å². The van der Waals surface area contributed by atoms with E-state index in [0.717, 1.165) is 10.2 Å². The summed E-state index contributed by atoms with van der Waals surface area (Å²) >= 11 is 3.43. The summed E-state index contributed by atoms with van der Waals surface area (Å²) in [5.74, 6) is 0.888. The molecule has 2 aromatic carbocycles. The third kappa shape index (κ3) is 3.60. The molecule has 0 atom stereocenters. The van der Waals surface area contributed by atoms with Crippen molar-refractivity contribution in [3.63, 3.8) is 0 Å². The van der Waals surface area contributed by atoms with Crippen LogP contribution < -0.4 is 4.74 Å². The monoisotopic (exact) mass is 290 g/mol. The van der Waals surface area contributed by atoms with E-state index in [1.165, 1.54) is 16.7 Å². The zero-order valence-electron chi connectivity index (χ0n) is 10.0. The van der Waals surface area contributed by atoms with Gasteiger partial charge in [0.1, 0.15) is 12.4 Å². The van der Waals surface area contributed by atoms with E-state index in [1.54, 1.807) is 0 Å². The molecule has 0 N–H and O–H groups in total. The largest absolute Gasteiger partial charge is 0.489 e. The maximum atomic E-state index is 5.75. The summed E-state index contributed by atoms with van der Waals surface area (Å²) in [6.07, 6.45) is 0. The third-order valence-corrected chi connectivity index (χ3v) is 2.98. The predicted octanol–water partition coefficient (Wildman–Crippen LogP) is 4.64. The Hall–Kier alpha value is -1.28. The van der Waals surface area contributed by atoms with Gasteiger partial charge in [-0.2, -0.15) is 0 Å². The summed E-state index contributed by atoms with van der Waals surface area (Å²) in [4.78, 5) is 0. The minimum absolute atomic E-state index is 0.610. The summed E-state index contributed by atoms with van der Waals surface area (Å²) in [6.45, 7) is 4.82. The Morgan fingerprint density at radius 3 is 2.35 bits per heavy atom. The van der Waals surface area contributed by atoms with Crippen LogP contribution in [0.2, 0.25) is 0 Å². The Balaban J connectivity index is 2.07. The van der Waals surface area contributed by atoms with Crippen LogP contribution in [-0.2, 0) is 6.61 Å². The van der Waals surface area contributed by atoms with Crippen LogP contribution in [-0.4, -0.2) is 0 Å². The van der Waals surface area contributed by atoms with Gasteiger partial charge in [0, 0.05) is 4.47 Å². The third-order valence-electron chi connectivity index (χ3n) is 2.48. The van der Waals surface area contributed by atoms with E-state index in [1.807, 2.05) is 24.3 Å². The number of halogens is 1.